The second-order valence-electron chi connectivity index (χ2n) is 12.7. The van der Waals surface area contributed by atoms with Crippen LogP contribution in [0.2, 0.25) is 0 Å². The number of hydrogen-bond acceptors (Lipinski definition) is 5. The number of hydrogen-bond donors (Lipinski definition) is 2. The second kappa shape index (κ2) is 13.4. The van der Waals surface area contributed by atoms with Crippen molar-refractivity contribution in [1.82, 2.24) is 14.1 Å². The number of nitrogens with zero attached hydrogens (tertiary/aromatic N) is 3. The molecule has 5 rings (SSSR count). The van der Waals surface area contributed by atoms with E-state index in [-0.39, 0.29) is 24.4 Å². The molecule has 1 fully saturated rings. The molecule has 1 aliphatic rings. The van der Waals surface area contributed by atoms with Crippen LogP contribution in [0.5, 0.6) is 5.75 Å². The molecule has 2 amide bonds. The lowest BCUT2D eigenvalue weighted by Gasteiger charge is -2.32. The lowest BCUT2D eigenvalue weighted by Crippen LogP contribution is -2.39. The predicted molar refractivity (Wildman–Crippen MR) is 174 cm³/mol. The molecule has 9 nitrogen and oxygen atoms in total. The normalized spacial score (nSPS) is 15.0. The number of alkyl halides is 3. The Morgan fingerprint density at radius 3 is 2.23 bits per heavy atom. The van der Waals surface area contributed by atoms with Crippen molar-refractivity contribution in [2.45, 2.75) is 63.6 Å². The van der Waals surface area contributed by atoms with Crippen molar-refractivity contribution in [3.63, 3.8) is 0 Å². The van der Waals surface area contributed by atoms with Crippen molar-refractivity contribution in [3.05, 3.63) is 95.7 Å². The first-order valence-corrected chi connectivity index (χ1v) is 16.7. The number of rotatable bonds is 8. The number of carbonyl (C=O) groups is 1. The van der Waals surface area contributed by atoms with Gasteiger partial charge in [-0.3, -0.25) is 5.32 Å². The third-order valence-corrected chi connectivity index (χ3v) is 9.98. The van der Waals surface area contributed by atoms with E-state index in [1.54, 1.807) is 4.68 Å². The Balaban J connectivity index is 1.25. The average molecular weight is 670 g/mol. The van der Waals surface area contributed by atoms with E-state index in [1.165, 1.54) is 16.4 Å². The highest BCUT2D eigenvalue weighted by Crippen LogP contribution is 2.34. The first-order chi connectivity index (χ1) is 22.1. The van der Waals surface area contributed by atoms with Gasteiger partial charge >= 0.3 is 12.4 Å². The first kappa shape index (κ1) is 34.0. The lowest BCUT2D eigenvalue weighted by atomic mass is 9.90. The van der Waals surface area contributed by atoms with E-state index in [9.17, 15) is 26.4 Å². The van der Waals surface area contributed by atoms with Crippen LogP contribution in [0.15, 0.2) is 83.8 Å². The minimum Gasteiger partial charge on any atom is -0.404 e. The SMILES string of the molecule is Cc1ccc(-n2nc(C(C)(C)C)cc2NC(=O)Nc2ccccc2CC2CCN(S(=O)(=O)c3ccccc3OC(F)(F)F)CC2)cc1. The molecule has 13 heteroatoms. The molecule has 0 radical (unpaired) electrons. The highest BCUT2D eigenvalue weighted by atomic mass is 32.2. The molecule has 1 saturated heterocycles. The van der Waals surface area contributed by atoms with E-state index < -0.39 is 33.1 Å². The smallest absolute Gasteiger partial charge is 0.404 e. The summed E-state index contributed by atoms with van der Waals surface area (Å²) in [5, 5.41) is 10.7. The van der Waals surface area contributed by atoms with Crippen LogP contribution in [0.4, 0.5) is 29.5 Å². The fourth-order valence-electron chi connectivity index (χ4n) is 5.49. The summed E-state index contributed by atoms with van der Waals surface area (Å²) >= 11 is 0. The molecule has 2 N–H and O–H groups in total. The van der Waals surface area contributed by atoms with Gasteiger partial charge in [0.2, 0.25) is 10.0 Å². The van der Waals surface area contributed by atoms with Crippen molar-refractivity contribution in [2.75, 3.05) is 23.7 Å². The number of halogens is 3. The number of amides is 2. The quantitative estimate of drug-likeness (QED) is 0.200. The van der Waals surface area contributed by atoms with Crippen LogP contribution in [0.25, 0.3) is 5.69 Å². The summed E-state index contributed by atoms with van der Waals surface area (Å²) < 4.78 is 72.2. The minimum absolute atomic E-state index is 0.0893. The molecule has 0 unspecified atom stereocenters. The highest BCUT2D eigenvalue weighted by Gasteiger charge is 2.36. The Labute approximate surface area is 272 Å². The maximum atomic E-state index is 13.3. The van der Waals surface area contributed by atoms with E-state index >= 15 is 0 Å². The van der Waals surface area contributed by atoms with E-state index in [2.05, 4.69) is 36.1 Å². The summed E-state index contributed by atoms with van der Waals surface area (Å²) in [7, 11) is -4.21. The van der Waals surface area contributed by atoms with Crippen molar-refractivity contribution >= 4 is 27.6 Å². The summed E-state index contributed by atoms with van der Waals surface area (Å²) in [4.78, 5) is 12.8. The number of benzene rings is 3. The number of aryl methyl sites for hydroxylation is 1. The van der Waals surface area contributed by atoms with E-state index in [4.69, 9.17) is 5.10 Å². The van der Waals surface area contributed by atoms with Gasteiger partial charge in [0.1, 0.15) is 16.5 Å². The van der Waals surface area contributed by atoms with Crippen LogP contribution in [0.3, 0.4) is 0 Å². The molecular weight excluding hydrogens is 631 g/mol. The summed E-state index contributed by atoms with van der Waals surface area (Å²) in [6, 6.07) is 21.5. The number of nitrogens with one attached hydrogen (secondary N) is 2. The van der Waals surface area contributed by atoms with E-state index in [1.807, 2.05) is 61.5 Å². The third-order valence-electron chi connectivity index (χ3n) is 8.04. The minimum atomic E-state index is -5.02. The monoisotopic (exact) mass is 669 g/mol. The van der Waals surface area contributed by atoms with E-state index in [0.717, 1.165) is 34.6 Å². The fourth-order valence-corrected chi connectivity index (χ4v) is 7.07. The van der Waals surface area contributed by atoms with Gasteiger partial charge in [0.05, 0.1) is 11.4 Å². The highest BCUT2D eigenvalue weighted by molar-refractivity contribution is 7.89. The molecule has 1 aromatic heterocycles. The Hall–Kier alpha value is -4.36. The molecular formula is C34H38F3N5O4S. The van der Waals surface area contributed by atoms with Crippen molar-refractivity contribution < 1.29 is 31.1 Å². The van der Waals surface area contributed by atoms with Gasteiger partial charge < -0.3 is 10.1 Å². The van der Waals surface area contributed by atoms with Crippen LogP contribution < -0.4 is 15.4 Å². The third kappa shape index (κ3) is 8.33. The zero-order valence-electron chi connectivity index (χ0n) is 26.6. The molecule has 3 aromatic carbocycles. The van der Waals surface area contributed by atoms with Gasteiger partial charge in [0, 0.05) is 30.3 Å². The molecule has 0 spiro atoms. The zero-order valence-corrected chi connectivity index (χ0v) is 27.5. The number of carbonyl (C=O) groups excluding carboxylic acids is 1. The Kier molecular flexibility index (Phi) is 9.69. The van der Waals surface area contributed by atoms with Gasteiger partial charge in [-0.1, -0.05) is 68.8 Å². The topological polar surface area (TPSA) is 106 Å². The van der Waals surface area contributed by atoms with Gasteiger partial charge in [-0.15, -0.1) is 13.2 Å². The lowest BCUT2D eigenvalue weighted by molar-refractivity contribution is -0.275. The Bertz CT molecular complexity index is 1830. The predicted octanol–water partition coefficient (Wildman–Crippen LogP) is 7.66. The average Bonchev–Trinajstić information content (AvgIpc) is 3.42. The number of urea groups is 1. The number of sulfonamides is 1. The molecule has 0 aliphatic carbocycles. The van der Waals surface area contributed by atoms with Gasteiger partial charge in [0.25, 0.3) is 0 Å². The Morgan fingerprint density at radius 2 is 1.57 bits per heavy atom. The van der Waals surface area contributed by atoms with E-state index in [0.29, 0.717) is 30.8 Å². The molecule has 4 aromatic rings. The standard InChI is InChI=1S/C34H38F3N5O4S/c1-23-13-15-26(16-14-23)42-31(22-30(40-42)33(2,3)4)39-32(43)38-27-10-6-5-9-25(27)21-24-17-19-41(20-18-24)47(44,45)29-12-8-7-11-28(29)46-34(35,36)37/h5-16,22,24H,17-21H2,1-4H3,(H2,38,39,43). The van der Waals surface area contributed by atoms with Crippen molar-refractivity contribution in [3.8, 4) is 11.4 Å². The number of piperidine rings is 1. The van der Waals surface area contributed by atoms with Crippen LogP contribution in [0.1, 0.15) is 50.4 Å². The molecule has 0 atom stereocenters. The molecule has 1 aliphatic heterocycles. The molecule has 250 valence electrons. The van der Waals surface area contributed by atoms with Gasteiger partial charge in [0.15, 0.2) is 0 Å². The van der Waals surface area contributed by atoms with Crippen LogP contribution >= 0.6 is 0 Å². The van der Waals surface area contributed by atoms with Gasteiger partial charge in [-0.05, 0) is 68.0 Å². The summed E-state index contributed by atoms with van der Waals surface area (Å²) in [5.74, 6) is -0.145. The number of aromatic nitrogens is 2. The van der Waals surface area contributed by atoms with Crippen LogP contribution in [0, 0.1) is 12.8 Å². The first-order valence-electron chi connectivity index (χ1n) is 15.3. The van der Waals surface area contributed by atoms with Crippen molar-refractivity contribution in [1.29, 1.82) is 0 Å². The number of para-hydroxylation sites is 2. The maximum Gasteiger partial charge on any atom is 0.573 e. The Morgan fingerprint density at radius 1 is 0.936 bits per heavy atom. The molecule has 0 saturated carbocycles. The summed E-state index contributed by atoms with van der Waals surface area (Å²) in [5.41, 5.74) is 4.00. The zero-order chi connectivity index (χ0) is 34.0. The van der Waals surface area contributed by atoms with Gasteiger partial charge in [-0.2, -0.15) is 9.40 Å². The largest absolute Gasteiger partial charge is 0.573 e. The fraction of sp³-hybridized carbons (Fsp3) is 0.353. The molecule has 2 heterocycles. The summed E-state index contributed by atoms with van der Waals surface area (Å²) in [6.07, 6.45) is -3.46. The van der Waals surface area contributed by atoms with Crippen LogP contribution in [-0.2, 0) is 21.9 Å². The second-order valence-corrected chi connectivity index (χ2v) is 14.6. The van der Waals surface area contributed by atoms with Gasteiger partial charge in [-0.25, -0.2) is 17.9 Å². The number of anilines is 2. The molecule has 47 heavy (non-hydrogen) atoms. The maximum absolute atomic E-state index is 13.3. The number of ether oxygens (including phenoxy) is 1. The van der Waals surface area contributed by atoms with Crippen LogP contribution in [-0.4, -0.2) is 48.0 Å². The molecule has 0 bridgehead atoms. The van der Waals surface area contributed by atoms with Crippen molar-refractivity contribution in [2.24, 2.45) is 5.92 Å². The summed E-state index contributed by atoms with van der Waals surface area (Å²) in [6.45, 7) is 8.44.